The van der Waals surface area contributed by atoms with Crippen molar-refractivity contribution in [2.45, 2.75) is 105 Å². The molecule has 0 N–H and O–H groups in total. The minimum Gasteiger partial charge on any atom is -0.457 e. The number of hydrogen-bond acceptors (Lipinski definition) is 4. The molecule has 2 aromatic heterocycles. The molecular weight excluding hydrogens is 788 g/mol. The molecule has 0 saturated heterocycles. The van der Waals surface area contributed by atoms with Crippen LogP contribution in [0.25, 0.3) is 38.8 Å². The summed E-state index contributed by atoms with van der Waals surface area (Å²) in [5, 5.41) is 1.76. The van der Waals surface area contributed by atoms with E-state index in [1.54, 1.807) is 6.07 Å². The smallest absolute Gasteiger partial charge is 0.137 e. The van der Waals surface area contributed by atoms with Gasteiger partial charge < -0.3 is 14.5 Å². The van der Waals surface area contributed by atoms with E-state index in [4.69, 9.17) is 9.72 Å². The van der Waals surface area contributed by atoms with Gasteiger partial charge in [-0.2, -0.15) is 0 Å². The Bertz CT molecular complexity index is 3030. The number of benzene rings is 6. The van der Waals surface area contributed by atoms with Crippen LogP contribution in [0.2, 0.25) is 0 Å². The fourth-order valence-corrected chi connectivity index (χ4v) is 8.91. The molecule has 0 unspecified atom stereocenters. The molecule has 9 rings (SSSR count). The van der Waals surface area contributed by atoms with Crippen LogP contribution in [-0.2, 0) is 21.7 Å². The third-order valence-corrected chi connectivity index (χ3v) is 12.8. The first-order valence-electron chi connectivity index (χ1n) is 22.6. The van der Waals surface area contributed by atoms with Crippen LogP contribution < -0.4 is 14.5 Å². The van der Waals surface area contributed by atoms with Crippen molar-refractivity contribution < 1.29 is 9.13 Å². The van der Waals surface area contributed by atoms with Gasteiger partial charge in [0.15, 0.2) is 0 Å². The van der Waals surface area contributed by atoms with Crippen LogP contribution in [0.1, 0.15) is 105 Å². The largest absolute Gasteiger partial charge is 0.457 e. The number of aromatic nitrogens is 2. The number of rotatable bonds is 6. The van der Waals surface area contributed by atoms with E-state index in [1.165, 1.54) is 50.8 Å². The number of ether oxygens (including phenoxy) is 1. The summed E-state index contributed by atoms with van der Waals surface area (Å²) in [5.41, 5.74) is 13.7. The van der Waals surface area contributed by atoms with Crippen LogP contribution in [0.5, 0.6) is 11.5 Å². The molecule has 64 heavy (non-hydrogen) atoms. The summed E-state index contributed by atoms with van der Waals surface area (Å²) in [7, 11) is 0. The lowest BCUT2D eigenvalue weighted by Crippen LogP contribution is -2.25. The number of fused-ring (bicyclic) bond motifs is 4. The van der Waals surface area contributed by atoms with Gasteiger partial charge in [0.1, 0.15) is 29.8 Å². The predicted molar refractivity (Wildman–Crippen MR) is 267 cm³/mol. The Morgan fingerprint density at radius 1 is 0.500 bits per heavy atom. The summed E-state index contributed by atoms with van der Waals surface area (Å²) in [6, 6.07) is 46.6. The summed E-state index contributed by atoms with van der Waals surface area (Å²) < 4.78 is 23.7. The molecule has 0 amide bonds. The summed E-state index contributed by atoms with van der Waals surface area (Å²) in [5.74, 6) is 1.91. The lowest BCUT2D eigenvalue weighted by Gasteiger charge is -2.30. The molecule has 0 fully saturated rings. The van der Waals surface area contributed by atoms with Crippen molar-refractivity contribution in [1.82, 2.24) is 9.55 Å². The highest BCUT2D eigenvalue weighted by Crippen LogP contribution is 2.51. The molecule has 0 bridgehead atoms. The van der Waals surface area contributed by atoms with E-state index in [0.29, 0.717) is 12.4 Å². The normalized spacial score (nSPS) is 13.6. The second-order valence-corrected chi connectivity index (χ2v) is 21.7. The van der Waals surface area contributed by atoms with Gasteiger partial charge in [-0.1, -0.05) is 132 Å². The molecule has 1 aliphatic rings. The lowest BCUT2D eigenvalue weighted by atomic mass is 9.80. The highest BCUT2D eigenvalue weighted by atomic mass is 19.1. The van der Waals surface area contributed by atoms with E-state index in [9.17, 15) is 4.39 Å². The van der Waals surface area contributed by atoms with Crippen molar-refractivity contribution in [3.8, 4) is 28.4 Å². The fourth-order valence-electron chi connectivity index (χ4n) is 8.91. The van der Waals surface area contributed by atoms with Crippen LogP contribution in [0.3, 0.4) is 0 Å². The summed E-state index contributed by atoms with van der Waals surface area (Å²) in [6.45, 7) is 27.8. The number of halogens is 1. The summed E-state index contributed by atoms with van der Waals surface area (Å²) in [6.07, 6.45) is 1.86. The summed E-state index contributed by atoms with van der Waals surface area (Å²) in [4.78, 5) is 9.73. The maximum atomic E-state index is 14.8. The maximum Gasteiger partial charge on any atom is 0.137 e. The molecule has 0 spiro atoms. The Balaban J connectivity index is 1.14. The molecule has 8 aromatic rings. The van der Waals surface area contributed by atoms with Gasteiger partial charge in [-0.05, 0) is 122 Å². The van der Waals surface area contributed by atoms with E-state index in [1.807, 2.05) is 36.5 Å². The van der Waals surface area contributed by atoms with E-state index < -0.39 is 0 Å². The van der Waals surface area contributed by atoms with Gasteiger partial charge in [0, 0.05) is 46.0 Å². The van der Waals surface area contributed by atoms with Crippen LogP contribution >= 0.6 is 0 Å². The Labute approximate surface area is 379 Å². The lowest BCUT2D eigenvalue weighted by molar-refractivity contribution is 0.483. The molecule has 326 valence electrons. The van der Waals surface area contributed by atoms with E-state index >= 15 is 0 Å². The van der Waals surface area contributed by atoms with Crippen molar-refractivity contribution >= 4 is 44.6 Å². The molecule has 5 nitrogen and oxygen atoms in total. The molecule has 0 radical (unpaired) electrons. The van der Waals surface area contributed by atoms with Crippen molar-refractivity contribution in [2.75, 3.05) is 16.5 Å². The Kier molecular flexibility index (Phi) is 10.3. The molecule has 0 atom stereocenters. The first kappa shape index (κ1) is 42.9. The number of hydrogen-bond donors (Lipinski definition) is 0. The Hall–Kier alpha value is -6.40. The minimum atomic E-state index is -0.274. The van der Waals surface area contributed by atoms with E-state index in [0.717, 1.165) is 44.7 Å². The van der Waals surface area contributed by atoms with Crippen LogP contribution in [0.15, 0.2) is 140 Å². The van der Waals surface area contributed by atoms with Gasteiger partial charge in [0.25, 0.3) is 0 Å². The molecule has 0 aliphatic carbocycles. The standard InChI is InChI=1S/C58H61FN4O/c1-55(2,3)38-21-19-37(20-22-38)47-17-14-18-51-54(47)62(44-30-40(57(7,8)9)29-41(31-44)58(10,11)12)36-61(51)43-15-13-16-45(34-43)64-46-24-25-48-49-33-42(59)23-26-50(49)63(52(48)35-46)53-32-39(27-28-60-53)56(4,5)6/h13-35H,36H2,1-12H3. The third-order valence-electron chi connectivity index (χ3n) is 12.8. The third kappa shape index (κ3) is 8.04. The van der Waals surface area contributed by atoms with Crippen molar-refractivity contribution in [2.24, 2.45) is 0 Å². The SMILES string of the molecule is CC(C)(C)c1ccc(-c2cccc3c2N(c2cc(C(C)(C)C)cc(C(C)(C)C)c2)CN3c2cccc(Oc3ccc4c5cc(F)ccc5n(-c5cc(C(C)(C)C)ccn5)c4c3)c2)cc1. The molecule has 6 aromatic carbocycles. The minimum absolute atomic E-state index is 0.0350. The number of pyridine rings is 1. The molecule has 1 aliphatic heterocycles. The quantitative estimate of drug-likeness (QED) is 0.167. The van der Waals surface area contributed by atoms with Crippen molar-refractivity contribution in [3.63, 3.8) is 0 Å². The van der Waals surface area contributed by atoms with E-state index in [-0.39, 0.29) is 27.5 Å². The van der Waals surface area contributed by atoms with Gasteiger partial charge in [-0.25, -0.2) is 9.37 Å². The second-order valence-electron chi connectivity index (χ2n) is 21.7. The second kappa shape index (κ2) is 15.4. The van der Waals surface area contributed by atoms with Crippen LogP contribution in [0.4, 0.5) is 27.1 Å². The monoisotopic (exact) mass is 848 g/mol. The maximum absolute atomic E-state index is 14.8. The molecule has 6 heteroatoms. The summed E-state index contributed by atoms with van der Waals surface area (Å²) >= 11 is 0. The highest BCUT2D eigenvalue weighted by Gasteiger charge is 2.33. The average Bonchev–Trinajstić information content (AvgIpc) is 3.78. The fraction of sp³-hybridized carbons (Fsp3) is 0.293. The van der Waals surface area contributed by atoms with Gasteiger partial charge >= 0.3 is 0 Å². The zero-order valence-electron chi connectivity index (χ0n) is 39.6. The van der Waals surface area contributed by atoms with Crippen molar-refractivity contribution in [1.29, 1.82) is 0 Å². The molecule has 0 saturated carbocycles. The highest BCUT2D eigenvalue weighted by molar-refractivity contribution is 6.09. The van der Waals surface area contributed by atoms with Crippen LogP contribution in [-0.4, -0.2) is 16.2 Å². The number of para-hydroxylation sites is 1. The topological polar surface area (TPSA) is 33.5 Å². The van der Waals surface area contributed by atoms with Crippen molar-refractivity contribution in [3.05, 3.63) is 168 Å². The Morgan fingerprint density at radius 3 is 1.83 bits per heavy atom. The van der Waals surface area contributed by atoms with Gasteiger partial charge in [-0.15, -0.1) is 0 Å². The average molecular weight is 849 g/mol. The zero-order chi connectivity index (χ0) is 45.5. The van der Waals surface area contributed by atoms with Gasteiger partial charge in [0.2, 0.25) is 0 Å². The molecule has 3 heterocycles. The van der Waals surface area contributed by atoms with Gasteiger partial charge in [-0.3, -0.25) is 4.57 Å². The zero-order valence-corrected chi connectivity index (χ0v) is 39.6. The van der Waals surface area contributed by atoms with Crippen LogP contribution in [0, 0.1) is 5.82 Å². The predicted octanol–water partition coefficient (Wildman–Crippen LogP) is 16.2. The van der Waals surface area contributed by atoms with E-state index in [2.05, 4.69) is 188 Å². The number of nitrogens with zero attached hydrogens (tertiary/aromatic N) is 4. The first-order chi connectivity index (χ1) is 30.1. The Morgan fingerprint density at radius 2 is 1.16 bits per heavy atom. The first-order valence-corrected chi connectivity index (χ1v) is 22.6. The van der Waals surface area contributed by atoms with Gasteiger partial charge in [0.05, 0.1) is 22.4 Å². The number of anilines is 4. The molecular formula is C58H61FN4O.